The predicted octanol–water partition coefficient (Wildman–Crippen LogP) is 3.53. The van der Waals surface area contributed by atoms with Crippen molar-refractivity contribution in [3.05, 3.63) is 114 Å². The van der Waals surface area contributed by atoms with E-state index in [0.717, 1.165) is 27.8 Å². The molecular weight excluding hydrogens is 365 g/mol. The molecule has 1 aliphatic rings. The minimum Gasteiger partial charge on any atom is -0.312 e. The van der Waals surface area contributed by atoms with Gasteiger partial charge in [0.05, 0.1) is 11.7 Å². The van der Waals surface area contributed by atoms with Gasteiger partial charge in [-0.25, -0.2) is 4.98 Å². The SMILES string of the molecule is NC1NC(c2ccncc2)(c2cccc(-c3cccnc3F)c2)c2cnccc21. The minimum absolute atomic E-state index is 0.361. The van der Waals surface area contributed by atoms with Gasteiger partial charge < -0.3 is 5.73 Å². The van der Waals surface area contributed by atoms with Crippen molar-refractivity contribution in [1.29, 1.82) is 0 Å². The first-order chi connectivity index (χ1) is 14.2. The summed E-state index contributed by atoms with van der Waals surface area (Å²) in [5.74, 6) is -0.499. The molecule has 1 aliphatic heterocycles. The molecule has 2 atom stereocenters. The fourth-order valence-corrected chi connectivity index (χ4v) is 4.15. The van der Waals surface area contributed by atoms with Crippen LogP contribution >= 0.6 is 0 Å². The summed E-state index contributed by atoms with van der Waals surface area (Å²) < 4.78 is 14.3. The second-order valence-corrected chi connectivity index (χ2v) is 6.99. The summed E-state index contributed by atoms with van der Waals surface area (Å²) in [7, 11) is 0. The molecular formula is C23H18FN5. The summed E-state index contributed by atoms with van der Waals surface area (Å²) in [6.07, 6.45) is 8.17. The molecule has 3 N–H and O–H groups in total. The zero-order valence-corrected chi connectivity index (χ0v) is 15.5. The zero-order chi connectivity index (χ0) is 19.8. The molecule has 29 heavy (non-hydrogen) atoms. The first kappa shape index (κ1) is 17.6. The summed E-state index contributed by atoms with van der Waals surface area (Å²) in [6.45, 7) is 0. The Bertz CT molecular complexity index is 1180. The molecule has 4 aromatic rings. The maximum atomic E-state index is 14.3. The van der Waals surface area contributed by atoms with Gasteiger partial charge >= 0.3 is 0 Å². The summed E-state index contributed by atoms with van der Waals surface area (Å²) in [5.41, 5.74) is 10.8. The summed E-state index contributed by atoms with van der Waals surface area (Å²) in [5, 5.41) is 3.56. The summed E-state index contributed by atoms with van der Waals surface area (Å²) in [4.78, 5) is 12.3. The average molecular weight is 383 g/mol. The van der Waals surface area contributed by atoms with Crippen molar-refractivity contribution in [3.8, 4) is 11.1 Å². The quantitative estimate of drug-likeness (QED) is 0.529. The van der Waals surface area contributed by atoms with E-state index in [2.05, 4.69) is 20.3 Å². The van der Waals surface area contributed by atoms with Crippen molar-refractivity contribution in [1.82, 2.24) is 20.3 Å². The molecule has 0 aliphatic carbocycles. The number of nitrogens with zero attached hydrogens (tertiary/aromatic N) is 3. The van der Waals surface area contributed by atoms with Crippen molar-refractivity contribution in [2.75, 3.05) is 0 Å². The van der Waals surface area contributed by atoms with Crippen LogP contribution < -0.4 is 11.1 Å². The molecule has 0 spiro atoms. The van der Waals surface area contributed by atoms with Crippen molar-refractivity contribution in [2.24, 2.45) is 5.73 Å². The molecule has 0 bridgehead atoms. The maximum Gasteiger partial charge on any atom is 0.220 e. The van der Waals surface area contributed by atoms with Crippen molar-refractivity contribution in [2.45, 2.75) is 11.7 Å². The smallest absolute Gasteiger partial charge is 0.220 e. The number of hydrogen-bond acceptors (Lipinski definition) is 5. The molecule has 5 rings (SSSR count). The number of nitrogens with two attached hydrogens (primary N) is 1. The highest BCUT2D eigenvalue weighted by atomic mass is 19.1. The second-order valence-electron chi connectivity index (χ2n) is 6.99. The number of nitrogens with one attached hydrogen (secondary N) is 1. The number of pyridine rings is 3. The standard InChI is InChI=1S/C23H18FN5/c24-21-18(5-2-9-28-21)15-3-1-4-17(13-15)23(16-6-10-26-11-7-16)20-14-27-12-8-19(20)22(25)29-23/h1-14,22,29H,25H2. The molecule has 4 heterocycles. The fraction of sp³-hybridized carbons (Fsp3) is 0.0870. The Kier molecular flexibility index (Phi) is 4.16. The van der Waals surface area contributed by atoms with Gasteiger partial charge in [-0.1, -0.05) is 18.2 Å². The van der Waals surface area contributed by atoms with Crippen molar-refractivity contribution in [3.63, 3.8) is 0 Å². The third-order valence-corrected chi connectivity index (χ3v) is 5.44. The third-order valence-electron chi connectivity index (χ3n) is 5.44. The lowest BCUT2D eigenvalue weighted by molar-refractivity contribution is 0.455. The van der Waals surface area contributed by atoms with Gasteiger partial charge in [-0.3, -0.25) is 15.3 Å². The van der Waals surface area contributed by atoms with E-state index in [0.29, 0.717) is 5.56 Å². The molecule has 0 saturated heterocycles. The summed E-state index contributed by atoms with van der Waals surface area (Å²) >= 11 is 0. The highest BCUT2D eigenvalue weighted by Gasteiger charge is 2.45. The number of fused-ring (bicyclic) bond motifs is 1. The molecule has 3 aromatic heterocycles. The van der Waals surface area contributed by atoms with E-state index >= 15 is 0 Å². The largest absolute Gasteiger partial charge is 0.312 e. The van der Waals surface area contributed by atoms with Crippen molar-refractivity contribution < 1.29 is 4.39 Å². The van der Waals surface area contributed by atoms with Gasteiger partial charge in [0.1, 0.15) is 0 Å². The lowest BCUT2D eigenvalue weighted by Crippen LogP contribution is -2.42. The molecule has 0 saturated carbocycles. The van der Waals surface area contributed by atoms with Crippen molar-refractivity contribution >= 4 is 0 Å². The number of hydrogen-bond donors (Lipinski definition) is 2. The Hall–Kier alpha value is -3.48. The van der Waals surface area contributed by atoms with E-state index in [1.807, 2.05) is 48.7 Å². The van der Waals surface area contributed by atoms with Crippen LogP contribution in [0.3, 0.4) is 0 Å². The van der Waals surface area contributed by atoms with Gasteiger partial charge in [-0.05, 0) is 58.7 Å². The highest BCUT2D eigenvalue weighted by molar-refractivity contribution is 5.66. The van der Waals surface area contributed by atoms with Gasteiger partial charge in [-0.15, -0.1) is 0 Å². The first-order valence-corrected chi connectivity index (χ1v) is 9.30. The number of halogens is 1. The van der Waals surface area contributed by atoms with Gasteiger partial charge in [-0.2, -0.15) is 4.39 Å². The van der Waals surface area contributed by atoms with Crippen LogP contribution in [0.4, 0.5) is 4.39 Å². The molecule has 0 fully saturated rings. The Morgan fingerprint density at radius 1 is 0.897 bits per heavy atom. The maximum absolute atomic E-state index is 14.3. The average Bonchev–Trinajstić information content (AvgIpc) is 3.09. The van der Waals surface area contributed by atoms with Gasteiger partial charge in [0.15, 0.2) is 0 Å². The molecule has 0 radical (unpaired) electrons. The van der Waals surface area contributed by atoms with Crippen LogP contribution in [0.15, 0.2) is 85.6 Å². The van der Waals surface area contributed by atoms with Crippen LogP contribution in [0, 0.1) is 5.95 Å². The van der Waals surface area contributed by atoms with E-state index in [-0.39, 0.29) is 6.17 Å². The zero-order valence-electron chi connectivity index (χ0n) is 15.5. The number of benzene rings is 1. The Balaban J connectivity index is 1.77. The van der Waals surface area contributed by atoms with Gasteiger partial charge in [0, 0.05) is 42.1 Å². The first-order valence-electron chi connectivity index (χ1n) is 9.30. The highest BCUT2D eigenvalue weighted by Crippen LogP contribution is 2.45. The monoisotopic (exact) mass is 383 g/mol. The molecule has 5 nitrogen and oxygen atoms in total. The molecule has 6 heteroatoms. The summed E-state index contributed by atoms with van der Waals surface area (Å²) in [6, 6.07) is 17.1. The lowest BCUT2D eigenvalue weighted by Gasteiger charge is -2.33. The Morgan fingerprint density at radius 2 is 1.72 bits per heavy atom. The number of aromatic nitrogens is 3. The van der Waals surface area contributed by atoms with E-state index in [1.165, 1.54) is 6.20 Å². The van der Waals surface area contributed by atoms with Crippen LogP contribution in [0.1, 0.15) is 28.4 Å². The van der Waals surface area contributed by atoms with Crippen LogP contribution in [0.5, 0.6) is 0 Å². The number of rotatable bonds is 3. The Morgan fingerprint density at radius 3 is 2.55 bits per heavy atom. The van der Waals surface area contributed by atoms with E-state index in [4.69, 9.17) is 5.73 Å². The van der Waals surface area contributed by atoms with Crippen LogP contribution in [0.25, 0.3) is 11.1 Å². The van der Waals surface area contributed by atoms with Gasteiger partial charge in [0.25, 0.3) is 0 Å². The van der Waals surface area contributed by atoms with Gasteiger partial charge in [0.2, 0.25) is 5.95 Å². The second kappa shape index (κ2) is 6.84. The lowest BCUT2D eigenvalue weighted by atomic mass is 9.78. The van der Waals surface area contributed by atoms with Crippen LogP contribution in [-0.2, 0) is 5.54 Å². The Labute approximate surface area is 167 Å². The van der Waals surface area contributed by atoms with Crippen LogP contribution in [-0.4, -0.2) is 15.0 Å². The van der Waals surface area contributed by atoms with Crippen LogP contribution in [0.2, 0.25) is 0 Å². The van der Waals surface area contributed by atoms with E-state index in [1.54, 1.807) is 30.7 Å². The minimum atomic E-state index is -0.722. The topological polar surface area (TPSA) is 76.7 Å². The molecule has 0 amide bonds. The molecule has 2 unspecified atom stereocenters. The molecule has 1 aromatic carbocycles. The predicted molar refractivity (Wildman–Crippen MR) is 108 cm³/mol. The fourth-order valence-electron chi connectivity index (χ4n) is 4.15. The van der Waals surface area contributed by atoms with E-state index in [9.17, 15) is 4.39 Å². The van der Waals surface area contributed by atoms with E-state index < -0.39 is 11.5 Å². The molecule has 142 valence electrons. The third kappa shape index (κ3) is 2.73. The normalized spacial score (nSPS) is 20.4.